The molecule has 3 heterocycles. The molecule has 0 aliphatic carbocycles. The Hall–Kier alpha value is -0.200. The van der Waals surface area contributed by atoms with Crippen LogP contribution in [0.3, 0.4) is 0 Å². The molecule has 3 rings (SSSR count). The molecule has 3 saturated heterocycles. The Morgan fingerprint density at radius 1 is 0.833 bits per heavy atom. The number of piperidine rings is 3. The Morgan fingerprint density at radius 3 is 2.00 bits per heavy atom. The summed E-state index contributed by atoms with van der Waals surface area (Å²) >= 11 is 0. The summed E-state index contributed by atoms with van der Waals surface area (Å²) in [4.78, 5) is 5.19. The third kappa shape index (κ3) is 5.95. The number of ether oxygens (including phenoxy) is 2. The maximum atomic E-state index is 6.43. The molecule has 0 unspecified atom stereocenters. The summed E-state index contributed by atoms with van der Waals surface area (Å²) in [5.41, 5.74) is 0. The minimum atomic E-state index is 0.491. The van der Waals surface area contributed by atoms with Gasteiger partial charge in [0, 0.05) is 46.4 Å². The van der Waals surface area contributed by atoms with Gasteiger partial charge in [-0.3, -0.25) is 0 Å². The molecular formula is C19H37N3O2. The van der Waals surface area contributed by atoms with E-state index in [1.165, 1.54) is 84.3 Å². The molecule has 140 valence electrons. The molecule has 3 fully saturated rings. The van der Waals surface area contributed by atoms with Crippen molar-refractivity contribution in [1.29, 1.82) is 0 Å². The molecule has 0 aromatic rings. The molecule has 0 amide bonds. The van der Waals surface area contributed by atoms with Crippen molar-refractivity contribution in [2.45, 2.75) is 50.7 Å². The van der Waals surface area contributed by atoms with Crippen molar-refractivity contribution in [3.8, 4) is 0 Å². The zero-order chi connectivity index (χ0) is 16.6. The lowest BCUT2D eigenvalue weighted by Gasteiger charge is -2.38. The quantitative estimate of drug-likeness (QED) is 0.762. The predicted molar refractivity (Wildman–Crippen MR) is 97.5 cm³/mol. The second-order valence-corrected chi connectivity index (χ2v) is 7.86. The van der Waals surface area contributed by atoms with Crippen molar-refractivity contribution >= 4 is 0 Å². The van der Waals surface area contributed by atoms with Crippen LogP contribution in [0.1, 0.15) is 38.5 Å². The van der Waals surface area contributed by atoms with Crippen molar-refractivity contribution in [1.82, 2.24) is 15.1 Å². The molecule has 0 spiro atoms. The molecule has 0 bridgehead atoms. The minimum Gasteiger partial charge on any atom is -0.383 e. The number of hydrogen-bond acceptors (Lipinski definition) is 5. The van der Waals surface area contributed by atoms with Crippen LogP contribution < -0.4 is 5.32 Å². The highest BCUT2D eigenvalue weighted by Gasteiger charge is 2.26. The maximum Gasteiger partial charge on any atom is 0.0603 e. The summed E-state index contributed by atoms with van der Waals surface area (Å²) in [5.74, 6) is 0.917. The van der Waals surface area contributed by atoms with Crippen LogP contribution in [-0.2, 0) is 9.47 Å². The third-order valence-electron chi connectivity index (χ3n) is 6.04. The summed E-state index contributed by atoms with van der Waals surface area (Å²) in [6.45, 7) is 10.5. The molecule has 5 heteroatoms. The summed E-state index contributed by atoms with van der Waals surface area (Å²) in [7, 11) is 1.79. The number of rotatable bonds is 7. The zero-order valence-corrected chi connectivity index (χ0v) is 15.5. The SMILES string of the molecule is COCCN1CCC(OC2CCN(CC3CCNCC3)CC2)CC1. The number of methoxy groups -OCH3 is 1. The number of hydrogen-bond donors (Lipinski definition) is 1. The van der Waals surface area contributed by atoms with Gasteiger partial charge < -0.3 is 24.6 Å². The second-order valence-electron chi connectivity index (χ2n) is 7.86. The number of nitrogens with one attached hydrogen (secondary N) is 1. The zero-order valence-electron chi connectivity index (χ0n) is 15.5. The van der Waals surface area contributed by atoms with Crippen molar-refractivity contribution in [3.63, 3.8) is 0 Å². The van der Waals surface area contributed by atoms with Crippen LogP contribution >= 0.6 is 0 Å². The Balaban J connectivity index is 1.28. The van der Waals surface area contributed by atoms with Crippen LogP contribution in [0, 0.1) is 5.92 Å². The van der Waals surface area contributed by atoms with E-state index in [2.05, 4.69) is 15.1 Å². The first kappa shape index (κ1) is 18.6. The van der Waals surface area contributed by atoms with Crippen LogP contribution in [0.2, 0.25) is 0 Å². The molecular weight excluding hydrogens is 302 g/mol. The summed E-state index contributed by atoms with van der Waals surface area (Å²) in [6, 6.07) is 0. The molecule has 1 N–H and O–H groups in total. The summed E-state index contributed by atoms with van der Waals surface area (Å²) in [5, 5.41) is 3.47. The standard InChI is InChI=1S/C19H37N3O2/c1-23-15-14-21-10-4-18(5-11-21)24-19-6-12-22(13-7-19)16-17-2-8-20-9-3-17/h17-20H,2-16H2,1H3. The van der Waals surface area contributed by atoms with E-state index < -0.39 is 0 Å². The third-order valence-corrected chi connectivity index (χ3v) is 6.04. The van der Waals surface area contributed by atoms with Gasteiger partial charge in [0.25, 0.3) is 0 Å². The van der Waals surface area contributed by atoms with Crippen LogP contribution in [0.4, 0.5) is 0 Å². The van der Waals surface area contributed by atoms with Gasteiger partial charge in [0.05, 0.1) is 18.8 Å². The van der Waals surface area contributed by atoms with E-state index >= 15 is 0 Å². The monoisotopic (exact) mass is 339 g/mol. The van der Waals surface area contributed by atoms with Crippen LogP contribution in [0.15, 0.2) is 0 Å². The van der Waals surface area contributed by atoms with Crippen LogP contribution in [-0.4, -0.2) is 88.1 Å². The Labute approximate surface area is 148 Å². The number of nitrogens with zero attached hydrogens (tertiary/aromatic N) is 2. The van der Waals surface area contributed by atoms with Crippen molar-refractivity contribution < 1.29 is 9.47 Å². The largest absolute Gasteiger partial charge is 0.383 e. The van der Waals surface area contributed by atoms with E-state index in [4.69, 9.17) is 9.47 Å². The smallest absolute Gasteiger partial charge is 0.0603 e. The Kier molecular flexibility index (Phi) is 7.80. The van der Waals surface area contributed by atoms with Crippen LogP contribution in [0.25, 0.3) is 0 Å². The van der Waals surface area contributed by atoms with Crippen molar-refractivity contribution in [2.75, 3.05) is 66.1 Å². The van der Waals surface area contributed by atoms with E-state index in [0.29, 0.717) is 12.2 Å². The molecule has 5 nitrogen and oxygen atoms in total. The Morgan fingerprint density at radius 2 is 1.42 bits per heavy atom. The van der Waals surface area contributed by atoms with Gasteiger partial charge in [-0.1, -0.05) is 0 Å². The molecule has 0 atom stereocenters. The van der Waals surface area contributed by atoms with Gasteiger partial charge in [-0.25, -0.2) is 0 Å². The van der Waals surface area contributed by atoms with E-state index in [1.807, 2.05) is 0 Å². The molecule has 0 saturated carbocycles. The molecule has 0 radical (unpaired) electrons. The van der Waals surface area contributed by atoms with Gasteiger partial charge in [-0.15, -0.1) is 0 Å². The normalized spacial score (nSPS) is 26.9. The lowest BCUT2D eigenvalue weighted by atomic mass is 9.96. The molecule has 3 aliphatic rings. The van der Waals surface area contributed by atoms with Gasteiger partial charge in [0.1, 0.15) is 0 Å². The molecule has 0 aromatic carbocycles. The van der Waals surface area contributed by atoms with Crippen molar-refractivity contribution in [2.24, 2.45) is 5.92 Å². The first-order valence-corrected chi connectivity index (χ1v) is 10.1. The van der Waals surface area contributed by atoms with E-state index in [-0.39, 0.29) is 0 Å². The fraction of sp³-hybridized carbons (Fsp3) is 1.00. The van der Waals surface area contributed by atoms with Gasteiger partial charge in [0.2, 0.25) is 0 Å². The first-order chi connectivity index (χ1) is 11.8. The maximum absolute atomic E-state index is 6.43. The lowest BCUT2D eigenvalue weighted by Crippen LogP contribution is -2.44. The highest BCUT2D eigenvalue weighted by Crippen LogP contribution is 2.22. The summed E-state index contributed by atoms with van der Waals surface area (Å²) in [6.07, 6.45) is 8.56. The fourth-order valence-corrected chi connectivity index (χ4v) is 4.42. The fourth-order valence-electron chi connectivity index (χ4n) is 4.42. The van der Waals surface area contributed by atoms with E-state index in [0.717, 1.165) is 19.1 Å². The average Bonchev–Trinajstić information content (AvgIpc) is 2.64. The predicted octanol–water partition coefficient (Wildman–Crippen LogP) is 1.58. The summed E-state index contributed by atoms with van der Waals surface area (Å²) < 4.78 is 11.6. The average molecular weight is 340 g/mol. The van der Waals surface area contributed by atoms with Gasteiger partial charge in [-0.05, 0) is 57.5 Å². The highest BCUT2D eigenvalue weighted by atomic mass is 16.5. The topological polar surface area (TPSA) is 37.0 Å². The molecule has 24 heavy (non-hydrogen) atoms. The van der Waals surface area contributed by atoms with E-state index in [9.17, 15) is 0 Å². The van der Waals surface area contributed by atoms with Gasteiger partial charge >= 0.3 is 0 Å². The molecule has 3 aliphatic heterocycles. The lowest BCUT2D eigenvalue weighted by molar-refractivity contribution is -0.0673. The minimum absolute atomic E-state index is 0.491. The Bertz CT molecular complexity index is 334. The highest BCUT2D eigenvalue weighted by molar-refractivity contribution is 4.80. The first-order valence-electron chi connectivity index (χ1n) is 10.1. The van der Waals surface area contributed by atoms with Crippen LogP contribution in [0.5, 0.6) is 0 Å². The van der Waals surface area contributed by atoms with E-state index in [1.54, 1.807) is 7.11 Å². The second kappa shape index (κ2) is 10.1. The molecule has 0 aromatic heterocycles. The van der Waals surface area contributed by atoms with Gasteiger partial charge in [0.15, 0.2) is 0 Å². The number of likely N-dealkylation sites (tertiary alicyclic amines) is 2. The van der Waals surface area contributed by atoms with Crippen molar-refractivity contribution in [3.05, 3.63) is 0 Å². The van der Waals surface area contributed by atoms with Gasteiger partial charge in [-0.2, -0.15) is 0 Å².